The maximum Gasteiger partial charge on any atom is 1.00 e. The molecule has 0 spiro atoms. The van der Waals surface area contributed by atoms with Crippen LogP contribution in [0.3, 0.4) is 0 Å². The van der Waals surface area contributed by atoms with Gasteiger partial charge in [-0.1, -0.05) is 52.3 Å². The van der Waals surface area contributed by atoms with Crippen LogP contribution in [0, 0.1) is 12.1 Å². The normalized spacial score (nSPS) is 11.1. The van der Waals surface area contributed by atoms with Crippen molar-refractivity contribution < 1.29 is 42.8 Å². The number of hydrogen-bond acceptors (Lipinski definition) is 4. The Labute approximate surface area is 212 Å². The number of halogens is 1. The van der Waals surface area contributed by atoms with E-state index in [4.69, 9.17) is 0 Å². The molecule has 0 saturated heterocycles. The van der Waals surface area contributed by atoms with Gasteiger partial charge in [-0.15, -0.1) is 0 Å². The molecule has 0 aliphatic carbocycles. The first-order chi connectivity index (χ1) is 14.3. The Hall–Kier alpha value is -1.52. The van der Waals surface area contributed by atoms with Gasteiger partial charge < -0.3 is 10.7 Å². The van der Waals surface area contributed by atoms with E-state index in [0.717, 1.165) is 15.6 Å². The van der Waals surface area contributed by atoms with Crippen LogP contribution in [-0.2, 0) is 23.1 Å². The van der Waals surface area contributed by atoms with E-state index in [-0.39, 0.29) is 53.1 Å². The van der Waals surface area contributed by atoms with Crippen molar-refractivity contribution in [2.45, 2.75) is 24.9 Å². The number of carbonyl (C=O) groups is 1. The molecule has 31 heavy (non-hydrogen) atoms. The summed E-state index contributed by atoms with van der Waals surface area (Å²) in [6, 6.07) is 20.4. The Kier molecular flexibility index (Phi) is 9.45. The monoisotopic (exact) mass is 510 g/mol. The van der Waals surface area contributed by atoms with E-state index in [9.17, 15) is 18.4 Å². The van der Waals surface area contributed by atoms with Crippen molar-refractivity contribution in [1.82, 2.24) is 9.79 Å². The predicted octanol–water partition coefficient (Wildman–Crippen LogP) is 1.38. The number of carbonyl (C=O) groups excluding carboxylic acids is 1. The fraction of sp³-hybridized carbons (Fsp3) is 0.136. The van der Waals surface area contributed by atoms with Crippen LogP contribution in [-0.4, -0.2) is 18.6 Å². The minimum Gasteiger partial charge on any atom is -0.759 e. The first-order valence-corrected chi connectivity index (χ1v) is 11.4. The molecular weight excluding hydrogens is 491 g/mol. The average Bonchev–Trinajstić information content (AvgIpc) is 2.75. The van der Waals surface area contributed by atoms with Gasteiger partial charge in [-0.3, -0.25) is 4.79 Å². The quantitative estimate of drug-likeness (QED) is 0.384. The van der Waals surface area contributed by atoms with Gasteiger partial charge in [0.1, 0.15) is 0 Å². The fourth-order valence-electron chi connectivity index (χ4n) is 2.98. The Morgan fingerprint density at radius 1 is 0.968 bits per heavy atom. The van der Waals surface area contributed by atoms with Gasteiger partial charge in [-0.2, -0.15) is 4.31 Å². The number of nitrogens with zero attached hydrogens (tertiary/aromatic N) is 1. The van der Waals surface area contributed by atoms with Gasteiger partial charge >= 0.3 is 29.6 Å². The molecular formula is C22H20BrN2NaO4S. The summed E-state index contributed by atoms with van der Waals surface area (Å²) in [5, 5.41) is 10.5. The second-order valence-corrected chi connectivity index (χ2v) is 9.64. The van der Waals surface area contributed by atoms with E-state index in [0.29, 0.717) is 5.56 Å². The molecule has 3 aromatic rings. The Balaban J connectivity index is 0.00000341. The average molecular weight is 511 g/mol. The van der Waals surface area contributed by atoms with Crippen molar-refractivity contribution in [2.24, 2.45) is 0 Å². The molecule has 0 radical (unpaired) electrons. The molecule has 0 bridgehead atoms. The molecule has 3 rings (SSSR count). The number of sulfonamides is 1. The Morgan fingerprint density at radius 2 is 1.58 bits per heavy atom. The van der Waals surface area contributed by atoms with Crippen LogP contribution < -0.4 is 35.0 Å². The summed E-state index contributed by atoms with van der Waals surface area (Å²) in [7, 11) is -3.78. The van der Waals surface area contributed by atoms with Gasteiger partial charge in [0.05, 0.1) is 4.90 Å². The number of hydroxylamine groups is 1. The van der Waals surface area contributed by atoms with Crippen LogP contribution in [0.2, 0.25) is 0 Å². The molecule has 0 saturated carbocycles. The van der Waals surface area contributed by atoms with Gasteiger partial charge in [-0.05, 0) is 60.0 Å². The zero-order valence-corrected chi connectivity index (χ0v) is 21.6. The topological polar surface area (TPSA) is 89.5 Å². The molecule has 0 unspecified atom stereocenters. The number of benzene rings is 3. The van der Waals surface area contributed by atoms with Gasteiger partial charge in [0.25, 0.3) is 0 Å². The van der Waals surface area contributed by atoms with E-state index in [1.54, 1.807) is 36.4 Å². The summed E-state index contributed by atoms with van der Waals surface area (Å²) in [6.45, 7) is 2.26. The molecule has 1 N–H and O–H groups in total. The van der Waals surface area contributed by atoms with Crippen LogP contribution in [0.5, 0.6) is 0 Å². The van der Waals surface area contributed by atoms with E-state index < -0.39 is 15.9 Å². The van der Waals surface area contributed by atoms with Crippen molar-refractivity contribution >= 4 is 31.9 Å². The fourth-order valence-corrected chi connectivity index (χ4v) is 4.65. The molecule has 156 valence electrons. The van der Waals surface area contributed by atoms with Crippen LogP contribution >= 0.6 is 15.9 Å². The van der Waals surface area contributed by atoms with Crippen LogP contribution in [0.15, 0.2) is 82.2 Å². The number of nitrogens with one attached hydrogen (secondary N) is 1. The van der Waals surface area contributed by atoms with Gasteiger partial charge in [-0.25, -0.2) is 8.42 Å². The first kappa shape index (κ1) is 25.7. The predicted molar refractivity (Wildman–Crippen MR) is 119 cm³/mol. The van der Waals surface area contributed by atoms with E-state index in [1.807, 2.05) is 31.2 Å². The summed E-state index contributed by atoms with van der Waals surface area (Å²) in [6.07, 6.45) is 0. The zero-order valence-electron chi connectivity index (χ0n) is 17.2. The van der Waals surface area contributed by atoms with Crippen molar-refractivity contribution in [3.05, 3.63) is 105 Å². The maximum atomic E-state index is 13.4. The third kappa shape index (κ3) is 6.49. The molecule has 0 atom stereocenters. The molecule has 0 aliphatic heterocycles. The number of hydrogen-bond donors (Lipinski definition) is 1. The van der Waals surface area contributed by atoms with Crippen molar-refractivity contribution in [3.8, 4) is 0 Å². The summed E-state index contributed by atoms with van der Waals surface area (Å²) in [5.41, 5.74) is 4.15. The summed E-state index contributed by atoms with van der Waals surface area (Å²) in [5.74, 6) is -0.735. The molecule has 0 heterocycles. The van der Waals surface area contributed by atoms with Gasteiger partial charge in [0, 0.05) is 23.1 Å². The molecule has 9 heteroatoms. The summed E-state index contributed by atoms with van der Waals surface area (Å²) < 4.78 is 29.0. The second kappa shape index (κ2) is 11.4. The van der Waals surface area contributed by atoms with Crippen molar-refractivity contribution in [2.75, 3.05) is 0 Å². The van der Waals surface area contributed by atoms with Crippen LogP contribution in [0.25, 0.3) is 0 Å². The minimum atomic E-state index is -3.78. The standard InChI is InChI=1S/C22H20BrN2O4S.Na/c1-16-4-2-3-5-19(16)15-25(30(28,29)21-12-10-20(23)11-13-21)14-17-6-8-18(9-7-17)22(26)24-27;/h2-13H,14-15H2,1H3,(H-,24,26,27);/q-1;+1. The SMILES string of the molecule is Cc1ccccc1CN(Cc1ccc(C(=O)N[O-])cc1)S(=O)(=O)c1ccc(Br)cc1.[Na+]. The summed E-state index contributed by atoms with van der Waals surface area (Å²) in [4.78, 5) is 11.7. The largest absolute Gasteiger partial charge is 1.00 e. The molecule has 1 amide bonds. The van der Waals surface area contributed by atoms with Crippen molar-refractivity contribution in [3.63, 3.8) is 0 Å². The molecule has 6 nitrogen and oxygen atoms in total. The maximum absolute atomic E-state index is 13.4. The second-order valence-electron chi connectivity index (χ2n) is 6.78. The summed E-state index contributed by atoms with van der Waals surface area (Å²) >= 11 is 3.33. The van der Waals surface area contributed by atoms with E-state index >= 15 is 0 Å². The Morgan fingerprint density at radius 3 is 2.16 bits per heavy atom. The van der Waals surface area contributed by atoms with Gasteiger partial charge in [0.2, 0.25) is 15.9 Å². The van der Waals surface area contributed by atoms with Crippen LogP contribution in [0.4, 0.5) is 0 Å². The van der Waals surface area contributed by atoms with Gasteiger partial charge in [0.15, 0.2) is 0 Å². The van der Waals surface area contributed by atoms with E-state index in [1.165, 1.54) is 21.9 Å². The Bertz CT molecular complexity index is 1140. The smallest absolute Gasteiger partial charge is 0.759 e. The number of rotatable bonds is 7. The molecule has 0 aliphatic rings. The van der Waals surface area contributed by atoms with Crippen molar-refractivity contribution in [1.29, 1.82) is 0 Å². The minimum absolute atomic E-state index is 0. The molecule has 0 aromatic heterocycles. The third-order valence-corrected chi connectivity index (χ3v) is 7.06. The van der Waals surface area contributed by atoms with E-state index in [2.05, 4.69) is 15.9 Å². The molecule has 0 fully saturated rings. The number of amides is 1. The van der Waals surface area contributed by atoms with Crippen LogP contribution in [0.1, 0.15) is 27.0 Å². The number of aryl methyl sites for hydroxylation is 1. The molecule has 3 aromatic carbocycles. The first-order valence-electron chi connectivity index (χ1n) is 9.13. The zero-order chi connectivity index (χ0) is 21.7. The third-order valence-electron chi connectivity index (χ3n) is 4.73.